The molecule has 0 radical (unpaired) electrons. The van der Waals surface area contributed by atoms with E-state index in [9.17, 15) is 9.59 Å². The van der Waals surface area contributed by atoms with Gasteiger partial charge in [-0.25, -0.2) is 0 Å². The van der Waals surface area contributed by atoms with Gasteiger partial charge in [-0.3, -0.25) is 9.59 Å². The Bertz CT molecular complexity index is 709. The number of halogens is 1. The zero-order valence-corrected chi connectivity index (χ0v) is 13.6. The van der Waals surface area contributed by atoms with E-state index in [0.29, 0.717) is 5.56 Å². The van der Waals surface area contributed by atoms with Crippen LogP contribution < -0.4 is 10.9 Å². The molecule has 1 aromatic heterocycles. The maximum Gasteiger partial charge on any atom is 0.251 e. The number of aromatic nitrogens is 1. The topological polar surface area (TPSA) is 51.1 Å². The van der Waals surface area contributed by atoms with E-state index in [1.807, 2.05) is 31.2 Å². The highest BCUT2D eigenvalue weighted by atomic mass is 79.9. The third kappa shape index (κ3) is 4.29. The molecule has 0 aliphatic rings. The third-order valence-electron chi connectivity index (χ3n) is 3.17. The normalized spacial score (nSPS) is 12.0. The van der Waals surface area contributed by atoms with E-state index in [2.05, 4.69) is 21.2 Å². The molecule has 0 saturated carbocycles. The van der Waals surface area contributed by atoms with Crippen molar-refractivity contribution in [1.29, 1.82) is 0 Å². The van der Waals surface area contributed by atoms with E-state index in [4.69, 9.17) is 0 Å². The van der Waals surface area contributed by atoms with Crippen LogP contribution in [0.25, 0.3) is 0 Å². The molecule has 0 aliphatic heterocycles. The van der Waals surface area contributed by atoms with Crippen LogP contribution in [0.15, 0.2) is 51.9 Å². The van der Waals surface area contributed by atoms with E-state index >= 15 is 0 Å². The molecule has 0 aliphatic carbocycles. The summed E-state index contributed by atoms with van der Waals surface area (Å²) in [4.78, 5) is 23.6. The van der Waals surface area contributed by atoms with Gasteiger partial charge in [-0.1, -0.05) is 28.1 Å². The van der Waals surface area contributed by atoms with Crippen molar-refractivity contribution in [2.24, 2.45) is 7.05 Å². The number of amides is 1. The standard InChI is InChI=1S/C16H17BrN2O2/c1-11(8-12-4-3-5-14(17)9-12)18-16(21)13-6-7-19(2)15(20)10-13/h3-7,9-11H,8H2,1-2H3,(H,18,21)/t11-/m1/s1. The predicted molar refractivity (Wildman–Crippen MR) is 86.5 cm³/mol. The van der Waals surface area contributed by atoms with E-state index in [1.165, 1.54) is 10.6 Å². The first-order chi connectivity index (χ1) is 9.95. The first kappa shape index (κ1) is 15.5. The number of hydrogen-bond donors (Lipinski definition) is 1. The van der Waals surface area contributed by atoms with Crippen molar-refractivity contribution in [3.63, 3.8) is 0 Å². The number of aryl methyl sites for hydroxylation is 1. The van der Waals surface area contributed by atoms with E-state index in [0.717, 1.165) is 16.5 Å². The summed E-state index contributed by atoms with van der Waals surface area (Å²) in [5, 5.41) is 2.91. The fraction of sp³-hybridized carbons (Fsp3) is 0.250. The monoisotopic (exact) mass is 348 g/mol. The highest BCUT2D eigenvalue weighted by molar-refractivity contribution is 9.10. The molecule has 2 rings (SSSR count). The molecule has 1 amide bonds. The molecule has 0 spiro atoms. The number of hydrogen-bond acceptors (Lipinski definition) is 2. The molecule has 0 bridgehead atoms. The SMILES string of the molecule is C[C@H](Cc1cccc(Br)c1)NC(=O)c1ccn(C)c(=O)c1. The number of nitrogens with one attached hydrogen (secondary N) is 1. The van der Waals surface area contributed by atoms with E-state index in [-0.39, 0.29) is 17.5 Å². The lowest BCUT2D eigenvalue weighted by Crippen LogP contribution is -2.34. The van der Waals surface area contributed by atoms with E-state index < -0.39 is 0 Å². The minimum Gasteiger partial charge on any atom is -0.349 e. The third-order valence-corrected chi connectivity index (χ3v) is 3.67. The maximum atomic E-state index is 12.1. The van der Waals surface area contributed by atoms with Gasteiger partial charge in [-0.15, -0.1) is 0 Å². The van der Waals surface area contributed by atoms with Crippen molar-refractivity contribution in [2.75, 3.05) is 0 Å². The summed E-state index contributed by atoms with van der Waals surface area (Å²) in [6.07, 6.45) is 2.33. The van der Waals surface area contributed by atoms with Crippen molar-refractivity contribution in [3.05, 3.63) is 68.5 Å². The van der Waals surface area contributed by atoms with Gasteiger partial charge in [0.05, 0.1) is 0 Å². The van der Waals surface area contributed by atoms with Gasteiger partial charge in [0.2, 0.25) is 0 Å². The molecule has 0 unspecified atom stereocenters. The number of nitrogens with zero attached hydrogens (tertiary/aromatic N) is 1. The van der Waals surface area contributed by atoms with Crippen molar-refractivity contribution in [3.8, 4) is 0 Å². The second-order valence-corrected chi connectivity index (χ2v) is 5.99. The van der Waals surface area contributed by atoms with Gasteiger partial charge in [0.15, 0.2) is 0 Å². The van der Waals surface area contributed by atoms with Crippen molar-refractivity contribution in [1.82, 2.24) is 9.88 Å². The number of rotatable bonds is 4. The van der Waals surface area contributed by atoms with Crippen LogP contribution in [-0.2, 0) is 13.5 Å². The molecule has 1 atom stereocenters. The fourth-order valence-corrected chi connectivity index (χ4v) is 2.51. The van der Waals surface area contributed by atoms with Gasteiger partial charge in [0.1, 0.15) is 0 Å². The van der Waals surface area contributed by atoms with Crippen LogP contribution in [0, 0.1) is 0 Å². The molecule has 5 heteroatoms. The molecule has 0 saturated heterocycles. The molecule has 21 heavy (non-hydrogen) atoms. The van der Waals surface area contributed by atoms with Gasteiger partial charge < -0.3 is 9.88 Å². The van der Waals surface area contributed by atoms with Crippen LogP contribution in [0.4, 0.5) is 0 Å². The van der Waals surface area contributed by atoms with Crippen molar-refractivity contribution < 1.29 is 4.79 Å². The first-order valence-corrected chi connectivity index (χ1v) is 7.47. The van der Waals surface area contributed by atoms with Crippen molar-refractivity contribution in [2.45, 2.75) is 19.4 Å². The first-order valence-electron chi connectivity index (χ1n) is 6.67. The average Bonchev–Trinajstić information content (AvgIpc) is 2.41. The lowest BCUT2D eigenvalue weighted by atomic mass is 10.1. The molecule has 1 heterocycles. The zero-order valence-electron chi connectivity index (χ0n) is 12.0. The quantitative estimate of drug-likeness (QED) is 0.922. The summed E-state index contributed by atoms with van der Waals surface area (Å²) in [6.45, 7) is 1.94. The Balaban J connectivity index is 2.01. The Hall–Kier alpha value is -1.88. The lowest BCUT2D eigenvalue weighted by molar-refractivity contribution is 0.0940. The molecule has 1 aromatic carbocycles. The van der Waals surface area contributed by atoms with Gasteiger partial charge in [-0.05, 0) is 37.1 Å². The average molecular weight is 349 g/mol. The Morgan fingerprint density at radius 2 is 2.10 bits per heavy atom. The fourth-order valence-electron chi connectivity index (χ4n) is 2.07. The molecular formula is C16H17BrN2O2. The van der Waals surface area contributed by atoms with Gasteiger partial charge in [0, 0.05) is 35.4 Å². The van der Waals surface area contributed by atoms with Crippen LogP contribution in [0.1, 0.15) is 22.8 Å². The second-order valence-electron chi connectivity index (χ2n) is 5.07. The summed E-state index contributed by atoms with van der Waals surface area (Å²) in [6, 6.07) is 11.0. The van der Waals surface area contributed by atoms with Crippen LogP contribution in [-0.4, -0.2) is 16.5 Å². The van der Waals surface area contributed by atoms with Crippen LogP contribution in [0.3, 0.4) is 0 Å². The summed E-state index contributed by atoms with van der Waals surface area (Å²) < 4.78 is 2.45. The number of carbonyl (C=O) groups excluding carboxylic acids is 1. The number of pyridine rings is 1. The smallest absolute Gasteiger partial charge is 0.251 e. The summed E-state index contributed by atoms with van der Waals surface area (Å²) in [5.41, 5.74) is 1.34. The highest BCUT2D eigenvalue weighted by Crippen LogP contribution is 2.13. The summed E-state index contributed by atoms with van der Waals surface area (Å²) >= 11 is 3.43. The number of benzene rings is 1. The molecule has 2 aromatic rings. The zero-order chi connectivity index (χ0) is 15.4. The van der Waals surface area contributed by atoms with Crippen LogP contribution >= 0.6 is 15.9 Å². The van der Waals surface area contributed by atoms with Crippen LogP contribution in [0.2, 0.25) is 0 Å². The van der Waals surface area contributed by atoms with Gasteiger partial charge >= 0.3 is 0 Å². The molecular weight excluding hydrogens is 332 g/mol. The van der Waals surface area contributed by atoms with Gasteiger partial charge in [-0.2, -0.15) is 0 Å². The summed E-state index contributed by atoms with van der Waals surface area (Å²) in [7, 11) is 1.65. The maximum absolute atomic E-state index is 12.1. The van der Waals surface area contributed by atoms with Crippen LogP contribution in [0.5, 0.6) is 0 Å². The summed E-state index contributed by atoms with van der Waals surface area (Å²) in [5.74, 6) is -0.227. The lowest BCUT2D eigenvalue weighted by Gasteiger charge is -2.14. The molecule has 4 nitrogen and oxygen atoms in total. The largest absolute Gasteiger partial charge is 0.349 e. The molecule has 0 fully saturated rings. The van der Waals surface area contributed by atoms with E-state index in [1.54, 1.807) is 19.3 Å². The second kappa shape index (κ2) is 6.72. The minimum atomic E-state index is -0.227. The Morgan fingerprint density at radius 3 is 2.76 bits per heavy atom. The molecule has 110 valence electrons. The minimum absolute atomic E-state index is 0.0177. The van der Waals surface area contributed by atoms with Gasteiger partial charge in [0.25, 0.3) is 11.5 Å². The molecule has 1 N–H and O–H groups in total. The predicted octanol–water partition coefficient (Wildman–Crippen LogP) is 2.51. The van der Waals surface area contributed by atoms with Crippen molar-refractivity contribution >= 4 is 21.8 Å². The Kier molecular flexibility index (Phi) is 4.96. The Labute approximate surface area is 131 Å². The number of carbonyl (C=O) groups is 1. The Morgan fingerprint density at radius 1 is 1.33 bits per heavy atom. The highest BCUT2D eigenvalue weighted by Gasteiger charge is 2.11.